The molecule has 2 aromatic rings. The van der Waals surface area contributed by atoms with Crippen molar-refractivity contribution in [2.24, 2.45) is 5.73 Å². The van der Waals surface area contributed by atoms with E-state index in [1.54, 1.807) is 0 Å². The Hall–Kier alpha value is -2.14. The van der Waals surface area contributed by atoms with Gasteiger partial charge in [-0.3, -0.25) is 4.98 Å². The zero-order chi connectivity index (χ0) is 15.4. The largest absolute Gasteiger partial charge is 0.494 e. The second-order valence-electron chi connectivity index (χ2n) is 4.72. The van der Waals surface area contributed by atoms with Crippen molar-refractivity contribution in [3.63, 3.8) is 0 Å². The van der Waals surface area contributed by atoms with Gasteiger partial charge in [-0.05, 0) is 51.1 Å². The summed E-state index contributed by atoms with van der Waals surface area (Å²) in [7, 11) is 0. The van der Waals surface area contributed by atoms with E-state index in [9.17, 15) is 0 Å². The van der Waals surface area contributed by atoms with Gasteiger partial charge in [0.2, 0.25) is 0 Å². The van der Waals surface area contributed by atoms with Crippen LogP contribution >= 0.6 is 12.2 Å². The molecule has 3 N–H and O–H groups in total. The number of aromatic nitrogens is 1. The normalized spacial score (nSPS) is 10.2. The van der Waals surface area contributed by atoms with Crippen molar-refractivity contribution < 1.29 is 4.74 Å². The number of anilines is 2. The quantitative estimate of drug-likeness (QED) is 0.828. The average molecular weight is 301 g/mol. The van der Waals surface area contributed by atoms with Gasteiger partial charge in [-0.2, -0.15) is 0 Å². The monoisotopic (exact) mass is 301 g/mol. The van der Waals surface area contributed by atoms with E-state index >= 15 is 0 Å². The lowest BCUT2D eigenvalue weighted by Gasteiger charge is -2.14. The summed E-state index contributed by atoms with van der Waals surface area (Å²) in [6.07, 6.45) is 0. The Morgan fingerprint density at radius 3 is 2.52 bits per heavy atom. The highest BCUT2D eigenvalue weighted by Crippen LogP contribution is 2.25. The summed E-state index contributed by atoms with van der Waals surface area (Å²) >= 11 is 5.13. The number of nitrogens with two attached hydrogens (primary N) is 1. The predicted octanol–water partition coefficient (Wildman–Crippen LogP) is 3.47. The molecule has 4 nitrogen and oxygen atoms in total. The molecule has 1 heterocycles. The summed E-state index contributed by atoms with van der Waals surface area (Å²) in [4.78, 5) is 4.75. The van der Waals surface area contributed by atoms with Crippen molar-refractivity contribution in [2.75, 3.05) is 11.9 Å². The minimum atomic E-state index is 0.341. The molecule has 1 aromatic carbocycles. The highest BCUT2D eigenvalue weighted by atomic mass is 32.1. The van der Waals surface area contributed by atoms with Crippen LogP contribution in [0, 0.1) is 13.8 Å². The summed E-state index contributed by atoms with van der Waals surface area (Å²) in [5, 5.41) is 3.34. The zero-order valence-corrected chi connectivity index (χ0v) is 13.3. The van der Waals surface area contributed by atoms with Crippen molar-refractivity contribution >= 4 is 28.6 Å². The van der Waals surface area contributed by atoms with Crippen molar-refractivity contribution in [3.05, 3.63) is 47.3 Å². The predicted molar refractivity (Wildman–Crippen MR) is 90.5 cm³/mol. The molecule has 0 fully saturated rings. The lowest BCUT2D eigenvalue weighted by molar-refractivity contribution is 0.340. The molecule has 5 heteroatoms. The molecular weight excluding hydrogens is 282 g/mol. The van der Waals surface area contributed by atoms with Crippen LogP contribution in [0.25, 0.3) is 0 Å². The Morgan fingerprint density at radius 2 is 1.95 bits per heavy atom. The highest BCUT2D eigenvalue weighted by molar-refractivity contribution is 7.80. The third kappa shape index (κ3) is 3.70. The molecule has 0 saturated carbocycles. The van der Waals surface area contributed by atoms with E-state index in [1.165, 1.54) is 0 Å². The SMILES string of the molecule is CCOc1ccc(Nc2cc(C)nc(C)c2C(N)=S)cc1. The Kier molecular flexibility index (Phi) is 4.75. The van der Waals surface area contributed by atoms with E-state index in [0.717, 1.165) is 34.1 Å². The zero-order valence-electron chi connectivity index (χ0n) is 12.4. The van der Waals surface area contributed by atoms with Gasteiger partial charge < -0.3 is 15.8 Å². The lowest BCUT2D eigenvalue weighted by Crippen LogP contribution is -2.15. The lowest BCUT2D eigenvalue weighted by atomic mass is 10.1. The van der Waals surface area contributed by atoms with Crippen LogP contribution < -0.4 is 15.8 Å². The fourth-order valence-corrected chi connectivity index (χ4v) is 2.45. The molecule has 0 radical (unpaired) electrons. The van der Waals surface area contributed by atoms with Crippen molar-refractivity contribution in [3.8, 4) is 5.75 Å². The molecule has 0 aliphatic heterocycles. The Morgan fingerprint density at radius 1 is 1.29 bits per heavy atom. The molecular formula is C16H19N3OS. The third-order valence-corrected chi connectivity index (χ3v) is 3.22. The molecule has 1 aromatic heterocycles. The van der Waals surface area contributed by atoms with Crippen LogP contribution in [-0.2, 0) is 0 Å². The first-order valence-corrected chi connectivity index (χ1v) is 7.20. The number of pyridine rings is 1. The number of hydrogen-bond acceptors (Lipinski definition) is 4. The molecule has 0 spiro atoms. The number of ether oxygens (including phenoxy) is 1. The van der Waals surface area contributed by atoms with Gasteiger partial charge in [0.25, 0.3) is 0 Å². The van der Waals surface area contributed by atoms with Crippen LogP contribution in [0.15, 0.2) is 30.3 Å². The van der Waals surface area contributed by atoms with Gasteiger partial charge in [0.05, 0.1) is 17.9 Å². The molecule has 110 valence electrons. The Labute approximate surface area is 130 Å². The standard InChI is InChI=1S/C16H19N3OS/c1-4-20-13-7-5-12(6-8-13)19-14-9-10(2)18-11(3)15(14)16(17)21/h5-9H,4H2,1-3H3,(H2,17,21)(H,18,19). The van der Waals surface area contributed by atoms with Crippen molar-refractivity contribution in [1.29, 1.82) is 0 Å². The number of thiocarbonyl (C=S) groups is 1. The number of nitrogens with zero attached hydrogens (tertiary/aromatic N) is 1. The van der Waals surface area contributed by atoms with Crippen LogP contribution in [0.2, 0.25) is 0 Å². The number of aryl methyl sites for hydroxylation is 2. The van der Waals surface area contributed by atoms with Crippen LogP contribution in [0.4, 0.5) is 11.4 Å². The minimum absolute atomic E-state index is 0.341. The average Bonchev–Trinajstić information content (AvgIpc) is 2.40. The summed E-state index contributed by atoms with van der Waals surface area (Å²) in [5.41, 5.74) is 10.2. The van der Waals surface area contributed by atoms with Gasteiger partial charge in [-0.15, -0.1) is 0 Å². The Balaban J connectivity index is 2.32. The molecule has 0 unspecified atom stereocenters. The molecule has 0 aliphatic carbocycles. The Bertz CT molecular complexity index is 653. The molecule has 2 rings (SSSR count). The highest BCUT2D eigenvalue weighted by Gasteiger charge is 2.11. The van der Waals surface area contributed by atoms with Crippen LogP contribution in [0.3, 0.4) is 0 Å². The smallest absolute Gasteiger partial charge is 0.119 e. The summed E-state index contributed by atoms with van der Waals surface area (Å²) in [6.45, 7) is 6.47. The van der Waals surface area contributed by atoms with Gasteiger partial charge >= 0.3 is 0 Å². The van der Waals surface area contributed by atoms with Crippen LogP contribution in [-0.4, -0.2) is 16.6 Å². The first-order valence-electron chi connectivity index (χ1n) is 6.79. The van der Waals surface area contributed by atoms with Gasteiger partial charge in [-0.1, -0.05) is 12.2 Å². The van der Waals surface area contributed by atoms with Gasteiger partial charge in [0.15, 0.2) is 0 Å². The van der Waals surface area contributed by atoms with Gasteiger partial charge in [0.1, 0.15) is 10.7 Å². The summed E-state index contributed by atoms with van der Waals surface area (Å²) in [6, 6.07) is 9.71. The molecule has 0 amide bonds. The number of rotatable bonds is 5. The minimum Gasteiger partial charge on any atom is -0.494 e. The fraction of sp³-hybridized carbons (Fsp3) is 0.250. The maximum atomic E-state index is 5.81. The molecule has 0 bridgehead atoms. The summed E-state index contributed by atoms with van der Waals surface area (Å²) < 4.78 is 5.43. The van der Waals surface area contributed by atoms with Gasteiger partial charge in [-0.25, -0.2) is 0 Å². The van der Waals surface area contributed by atoms with Gasteiger partial charge in [0, 0.05) is 17.1 Å². The first kappa shape index (κ1) is 15.3. The van der Waals surface area contributed by atoms with E-state index in [2.05, 4.69) is 10.3 Å². The van der Waals surface area contributed by atoms with Crippen molar-refractivity contribution in [1.82, 2.24) is 4.98 Å². The number of hydrogen-bond donors (Lipinski definition) is 2. The number of benzene rings is 1. The fourth-order valence-electron chi connectivity index (χ4n) is 2.19. The van der Waals surface area contributed by atoms with E-state index in [4.69, 9.17) is 22.7 Å². The third-order valence-electron chi connectivity index (χ3n) is 3.02. The second kappa shape index (κ2) is 6.54. The second-order valence-corrected chi connectivity index (χ2v) is 5.16. The van der Waals surface area contributed by atoms with Crippen molar-refractivity contribution in [2.45, 2.75) is 20.8 Å². The first-order chi connectivity index (χ1) is 10.0. The maximum absolute atomic E-state index is 5.81. The molecule has 0 aliphatic rings. The van der Waals surface area contributed by atoms with Crippen LogP contribution in [0.5, 0.6) is 5.75 Å². The molecule has 0 saturated heterocycles. The van der Waals surface area contributed by atoms with E-state index in [1.807, 2.05) is 51.1 Å². The summed E-state index contributed by atoms with van der Waals surface area (Å²) in [5.74, 6) is 0.847. The molecule has 21 heavy (non-hydrogen) atoms. The van der Waals surface area contributed by atoms with E-state index in [0.29, 0.717) is 11.6 Å². The maximum Gasteiger partial charge on any atom is 0.119 e. The van der Waals surface area contributed by atoms with E-state index in [-0.39, 0.29) is 0 Å². The molecule has 0 atom stereocenters. The topological polar surface area (TPSA) is 60.2 Å². The number of nitrogens with one attached hydrogen (secondary N) is 1. The van der Waals surface area contributed by atoms with Crippen LogP contribution in [0.1, 0.15) is 23.9 Å². The van der Waals surface area contributed by atoms with E-state index < -0.39 is 0 Å².